The van der Waals surface area contributed by atoms with Crippen molar-refractivity contribution >= 4 is 46.6 Å². The van der Waals surface area contributed by atoms with Crippen LogP contribution in [0.2, 0.25) is 0 Å². The third kappa shape index (κ3) is 6.58. The second-order valence-corrected chi connectivity index (χ2v) is 17.2. The predicted molar refractivity (Wildman–Crippen MR) is 239 cm³/mol. The molecule has 0 spiro atoms. The topological polar surface area (TPSA) is 65.2 Å². The average molecular weight is 764 g/mol. The summed E-state index contributed by atoms with van der Waals surface area (Å²) in [5.41, 5.74) is 12.5. The lowest BCUT2D eigenvalue weighted by Crippen LogP contribution is -2.36. The van der Waals surface area contributed by atoms with Gasteiger partial charge in [-0.1, -0.05) is 109 Å². The third-order valence-electron chi connectivity index (χ3n) is 13.0. The molecule has 0 saturated carbocycles. The van der Waals surface area contributed by atoms with E-state index in [1.165, 1.54) is 44.6 Å². The highest BCUT2D eigenvalue weighted by molar-refractivity contribution is 7.13. The van der Waals surface area contributed by atoms with Crippen molar-refractivity contribution in [1.82, 2.24) is 14.9 Å². The molecule has 6 aliphatic carbocycles. The highest BCUT2D eigenvalue weighted by Crippen LogP contribution is 2.56. The molecule has 57 heavy (non-hydrogen) atoms. The summed E-state index contributed by atoms with van der Waals surface area (Å²) in [4.78, 5) is 20.7. The van der Waals surface area contributed by atoms with E-state index in [4.69, 9.17) is 15.4 Å². The standard InChI is InChI=1S/C51H49N5S/c1-2-33(32-52)34-20-22-35(23-21-34)43-31-44(55-51(54-43)38-26-28-53-29-27-38)39-16-11-17-40(30-39)56-45-19-10-9-18-41(45)48-46(56)25-24-42-47(36-12-5-3-6-13-36)49(57-50(42)48)37-14-7-4-8-15-37/h2-7,9-10,12,14,16,18-20,22,24-26,28-32,36,38,41,45-46,48,52H,8,11,13,15,17,21,23,27H2,1H3/b33-2+,52-32?. The summed E-state index contributed by atoms with van der Waals surface area (Å²) in [5.74, 6) is 2.17. The maximum atomic E-state index is 7.87. The number of thiophene rings is 1. The Hall–Kier alpha value is -5.46. The Balaban J connectivity index is 1.03. The van der Waals surface area contributed by atoms with Crippen molar-refractivity contribution in [3.05, 3.63) is 177 Å². The van der Waals surface area contributed by atoms with Crippen LogP contribution in [0.4, 0.5) is 0 Å². The molecule has 2 aromatic rings. The van der Waals surface area contributed by atoms with Gasteiger partial charge < -0.3 is 10.3 Å². The largest absolute Gasteiger partial charge is 0.361 e. The molecule has 6 unspecified atom stereocenters. The SMILES string of the molecule is C/C=C(\C=N)C1=CC=C(c2cc(C3=CCCC(N4C5C=CC=CC5C5c6sc(C7=CC=CCC7)c(C7C=CC=CC7)c6C=CC54)=C3)nc(C3C=CN=CC3)n2)CC1. The van der Waals surface area contributed by atoms with Gasteiger partial charge in [0.1, 0.15) is 5.82 Å². The quantitative estimate of drug-likeness (QED) is 0.272. The van der Waals surface area contributed by atoms with Crippen molar-refractivity contribution in [2.75, 3.05) is 0 Å². The Labute approximate surface area is 341 Å². The van der Waals surface area contributed by atoms with E-state index >= 15 is 0 Å². The van der Waals surface area contributed by atoms with Gasteiger partial charge in [-0.15, -0.1) is 11.3 Å². The summed E-state index contributed by atoms with van der Waals surface area (Å²) in [5, 5.41) is 7.87. The van der Waals surface area contributed by atoms with Gasteiger partial charge in [-0.3, -0.25) is 4.99 Å². The first-order chi connectivity index (χ1) is 28.2. The summed E-state index contributed by atoms with van der Waals surface area (Å²) in [6, 6.07) is 2.80. The van der Waals surface area contributed by atoms with E-state index in [-0.39, 0.29) is 12.0 Å². The van der Waals surface area contributed by atoms with E-state index < -0.39 is 0 Å². The van der Waals surface area contributed by atoms with E-state index in [0.717, 1.165) is 74.2 Å². The molecule has 0 aromatic carbocycles. The van der Waals surface area contributed by atoms with Crippen molar-refractivity contribution in [2.45, 2.75) is 88.1 Å². The molecule has 6 heteroatoms. The molecule has 1 fully saturated rings. The molecule has 1 N–H and O–H groups in total. The molecule has 2 aliphatic heterocycles. The van der Waals surface area contributed by atoms with Crippen LogP contribution in [0.15, 0.2) is 143 Å². The van der Waals surface area contributed by atoms with Gasteiger partial charge in [0.15, 0.2) is 0 Å². The number of likely N-dealkylation sites (tertiary alicyclic amines) is 1. The molecular formula is C51H49N5S. The van der Waals surface area contributed by atoms with E-state index in [1.54, 1.807) is 10.4 Å². The number of hydrogen-bond acceptors (Lipinski definition) is 6. The molecule has 0 amide bonds. The van der Waals surface area contributed by atoms with Gasteiger partial charge >= 0.3 is 0 Å². The summed E-state index contributed by atoms with van der Waals surface area (Å²) in [6.07, 6.45) is 57.3. The number of fused-ring (bicyclic) bond motifs is 5. The Morgan fingerprint density at radius 2 is 1.74 bits per heavy atom. The van der Waals surface area contributed by atoms with Gasteiger partial charge in [-0.05, 0) is 109 Å². The zero-order valence-corrected chi connectivity index (χ0v) is 33.4. The number of rotatable bonds is 8. The first kappa shape index (κ1) is 35.9. The maximum absolute atomic E-state index is 7.87. The van der Waals surface area contributed by atoms with Crippen molar-refractivity contribution in [3.63, 3.8) is 0 Å². The maximum Gasteiger partial charge on any atom is 0.136 e. The first-order valence-electron chi connectivity index (χ1n) is 20.9. The summed E-state index contributed by atoms with van der Waals surface area (Å²) in [7, 11) is 0. The molecule has 10 rings (SSSR count). The van der Waals surface area contributed by atoms with Gasteiger partial charge in [-0.2, -0.15) is 0 Å². The molecule has 6 atom stereocenters. The number of aliphatic imine (C=N–C) groups is 1. The van der Waals surface area contributed by atoms with Gasteiger partial charge in [0, 0.05) is 57.8 Å². The average Bonchev–Trinajstić information content (AvgIpc) is 3.84. The second kappa shape index (κ2) is 15.5. The number of nitrogens with zero attached hydrogens (tertiary/aromatic N) is 4. The minimum Gasteiger partial charge on any atom is -0.361 e. The van der Waals surface area contributed by atoms with Crippen LogP contribution >= 0.6 is 11.3 Å². The van der Waals surface area contributed by atoms with Crippen molar-refractivity contribution in [1.29, 1.82) is 5.41 Å². The van der Waals surface area contributed by atoms with E-state index in [9.17, 15) is 0 Å². The minimum atomic E-state index is 0.0959. The van der Waals surface area contributed by atoms with Crippen LogP contribution in [-0.4, -0.2) is 39.4 Å². The van der Waals surface area contributed by atoms with Gasteiger partial charge in [0.05, 0.1) is 23.5 Å². The fourth-order valence-corrected chi connectivity index (χ4v) is 11.8. The Bertz CT molecular complexity index is 2440. The minimum absolute atomic E-state index is 0.0959. The van der Waals surface area contributed by atoms with Crippen LogP contribution in [0.5, 0.6) is 0 Å². The summed E-state index contributed by atoms with van der Waals surface area (Å²) < 4.78 is 0. The summed E-state index contributed by atoms with van der Waals surface area (Å²) >= 11 is 2.09. The monoisotopic (exact) mass is 763 g/mol. The van der Waals surface area contributed by atoms with Crippen LogP contribution in [0, 0.1) is 11.3 Å². The first-order valence-corrected chi connectivity index (χ1v) is 21.7. The number of aromatic nitrogens is 2. The molecule has 2 aromatic heterocycles. The Morgan fingerprint density at radius 3 is 2.53 bits per heavy atom. The van der Waals surface area contributed by atoms with Crippen molar-refractivity contribution in [2.24, 2.45) is 10.9 Å². The summed E-state index contributed by atoms with van der Waals surface area (Å²) in [6.45, 7) is 2.01. The zero-order valence-electron chi connectivity index (χ0n) is 32.6. The molecule has 5 nitrogen and oxygen atoms in total. The van der Waals surface area contributed by atoms with E-state index in [1.807, 2.05) is 25.4 Å². The van der Waals surface area contributed by atoms with Gasteiger partial charge in [0.2, 0.25) is 0 Å². The Morgan fingerprint density at radius 1 is 0.825 bits per heavy atom. The van der Waals surface area contributed by atoms with Crippen LogP contribution in [-0.2, 0) is 0 Å². The van der Waals surface area contributed by atoms with Crippen LogP contribution in [0.3, 0.4) is 0 Å². The molecule has 1 saturated heterocycles. The van der Waals surface area contributed by atoms with Crippen molar-refractivity contribution in [3.8, 4) is 0 Å². The lowest BCUT2D eigenvalue weighted by Gasteiger charge is -2.36. The highest BCUT2D eigenvalue weighted by Gasteiger charge is 2.50. The molecule has 4 heterocycles. The second-order valence-electron chi connectivity index (χ2n) is 16.2. The van der Waals surface area contributed by atoms with E-state index in [2.05, 4.69) is 137 Å². The molecule has 284 valence electrons. The number of allylic oxidation sites excluding steroid dienone is 21. The van der Waals surface area contributed by atoms with Crippen LogP contribution in [0.1, 0.15) is 114 Å². The molecular weight excluding hydrogens is 715 g/mol. The third-order valence-corrected chi connectivity index (χ3v) is 14.4. The molecule has 8 aliphatic rings. The fraction of sp³-hybridized carbons (Fsp3) is 0.294. The van der Waals surface area contributed by atoms with E-state index in [0.29, 0.717) is 23.8 Å². The fourth-order valence-electron chi connectivity index (χ4n) is 10.2. The predicted octanol–water partition coefficient (Wildman–Crippen LogP) is 12.3. The lowest BCUT2D eigenvalue weighted by atomic mass is 9.77. The van der Waals surface area contributed by atoms with Gasteiger partial charge in [0.25, 0.3) is 0 Å². The normalized spacial score (nSPS) is 28.3. The Kier molecular flexibility index (Phi) is 9.75. The molecule has 0 radical (unpaired) electrons. The number of hydrogen-bond donors (Lipinski definition) is 1. The zero-order chi connectivity index (χ0) is 38.3. The van der Waals surface area contributed by atoms with Crippen LogP contribution in [0.25, 0.3) is 22.8 Å². The van der Waals surface area contributed by atoms with Crippen LogP contribution < -0.4 is 0 Å². The number of nitrogens with one attached hydrogen (secondary N) is 1. The highest BCUT2D eigenvalue weighted by atomic mass is 32.1. The van der Waals surface area contributed by atoms with Crippen molar-refractivity contribution < 1.29 is 0 Å². The molecule has 0 bridgehead atoms. The lowest BCUT2D eigenvalue weighted by molar-refractivity contribution is 0.294. The van der Waals surface area contributed by atoms with Gasteiger partial charge in [-0.25, -0.2) is 9.97 Å². The smallest absolute Gasteiger partial charge is 0.136 e.